The van der Waals surface area contributed by atoms with Gasteiger partial charge < -0.3 is 65.1 Å². The highest BCUT2D eigenvalue weighted by atomic mass is 16.7. The lowest BCUT2D eigenvalue weighted by Gasteiger charge is -2.46. The van der Waals surface area contributed by atoms with Crippen LogP contribution in [0.3, 0.4) is 0 Å². The molecule has 70 heavy (non-hydrogen) atoms. The summed E-state index contributed by atoms with van der Waals surface area (Å²) in [6.45, 7) is 2.59. The molecule has 0 saturated carbocycles. The first-order valence-electron chi connectivity index (χ1n) is 26.5. The van der Waals surface area contributed by atoms with Crippen molar-refractivity contribution in [1.82, 2.24) is 5.32 Å². The van der Waals surface area contributed by atoms with Gasteiger partial charge in [-0.25, -0.2) is 0 Å². The zero-order valence-corrected chi connectivity index (χ0v) is 42.5. The van der Waals surface area contributed by atoms with Crippen LogP contribution >= 0.6 is 0 Å². The lowest BCUT2D eigenvalue weighted by Crippen LogP contribution is -2.65. The Balaban J connectivity index is 1.75. The van der Waals surface area contributed by atoms with Crippen molar-refractivity contribution in [3.8, 4) is 0 Å². The summed E-state index contributed by atoms with van der Waals surface area (Å²) in [7, 11) is 0. The number of aliphatic hydroxyl groups excluding tert-OH is 8. The van der Waals surface area contributed by atoms with Gasteiger partial charge in [0, 0.05) is 6.42 Å². The number of unbranched alkanes of at least 4 members (excludes halogenated alkanes) is 12. The predicted molar refractivity (Wildman–Crippen MR) is 276 cm³/mol. The zero-order valence-electron chi connectivity index (χ0n) is 42.5. The highest BCUT2D eigenvalue weighted by Gasteiger charge is 2.51. The molecule has 2 saturated heterocycles. The third kappa shape index (κ3) is 27.7. The largest absolute Gasteiger partial charge is 0.394 e. The van der Waals surface area contributed by atoms with E-state index in [9.17, 15) is 45.6 Å². The molecular formula is C56H93NO13. The van der Waals surface area contributed by atoms with Crippen LogP contribution in [0.4, 0.5) is 0 Å². The van der Waals surface area contributed by atoms with Crippen molar-refractivity contribution in [2.45, 2.75) is 229 Å². The first-order valence-corrected chi connectivity index (χ1v) is 26.5. The molecule has 0 bridgehead atoms. The summed E-state index contributed by atoms with van der Waals surface area (Å²) >= 11 is 0. The van der Waals surface area contributed by atoms with Gasteiger partial charge in [-0.3, -0.25) is 4.79 Å². The topological polar surface area (TPSA) is 228 Å². The Labute approximate surface area is 420 Å². The van der Waals surface area contributed by atoms with Gasteiger partial charge in [-0.15, -0.1) is 0 Å². The number of carbonyl (C=O) groups excluding carboxylic acids is 1. The van der Waals surface area contributed by atoms with Gasteiger partial charge in [-0.05, 0) is 77.0 Å². The molecule has 2 aliphatic heterocycles. The third-order valence-electron chi connectivity index (χ3n) is 12.3. The molecule has 400 valence electrons. The van der Waals surface area contributed by atoms with Gasteiger partial charge in [0.25, 0.3) is 0 Å². The average molecular weight is 988 g/mol. The quantitative estimate of drug-likeness (QED) is 0.0215. The van der Waals surface area contributed by atoms with E-state index < -0.39 is 86.8 Å². The number of nitrogens with one attached hydrogen (secondary N) is 1. The summed E-state index contributed by atoms with van der Waals surface area (Å²) in [5, 5.41) is 86.6. The van der Waals surface area contributed by atoms with Crippen molar-refractivity contribution in [3.63, 3.8) is 0 Å². The minimum absolute atomic E-state index is 0.252. The average Bonchev–Trinajstić information content (AvgIpc) is 3.36. The second kappa shape index (κ2) is 41.4. The molecule has 2 fully saturated rings. The molecular weight excluding hydrogens is 895 g/mol. The standard InChI is InChI=1S/C56H93NO13/c1-3-5-7-9-11-13-14-15-16-17-18-19-20-21-22-23-24-25-26-27-28-29-30-32-34-36-38-40-48(61)57-44(45(60)39-37-35-33-31-12-10-8-6-4-2)43-67-55-53(66)51(64)54(47(42-59)69-55)70-56-52(65)50(63)49(62)46(41-58)68-56/h5,7,11,13,15-16,18-19,21-22,24-25,27-28,37,39,44-47,49-56,58-60,62-66H,3-4,6,8-10,12,14,17,20,23,26,29-36,38,40-43H2,1-2H3,(H,57,61)/b7-5-,13-11-,16-15-,19-18-,22-21-,25-24-,28-27-,39-37+. The van der Waals surface area contributed by atoms with Gasteiger partial charge in [0.05, 0.1) is 32.0 Å². The van der Waals surface area contributed by atoms with E-state index in [1.54, 1.807) is 6.08 Å². The van der Waals surface area contributed by atoms with Crippen LogP contribution in [0.25, 0.3) is 0 Å². The highest BCUT2D eigenvalue weighted by molar-refractivity contribution is 5.76. The van der Waals surface area contributed by atoms with Crippen molar-refractivity contribution in [3.05, 3.63) is 97.2 Å². The molecule has 0 aromatic carbocycles. The van der Waals surface area contributed by atoms with E-state index in [2.05, 4.69) is 104 Å². The molecule has 1 amide bonds. The van der Waals surface area contributed by atoms with Crippen LogP contribution < -0.4 is 5.32 Å². The lowest BCUT2D eigenvalue weighted by molar-refractivity contribution is -0.359. The van der Waals surface area contributed by atoms with Crippen LogP contribution in [0.15, 0.2) is 97.2 Å². The molecule has 2 rings (SSSR count). The maximum absolute atomic E-state index is 13.2. The SMILES string of the molecule is CC/C=C\C/C=C\C/C=C\C/C=C\C/C=C\C/C=C\C/C=C\CCCCCCCC(=O)NC(COC1OC(CO)C(OC2OC(CO)C(O)C(O)C2O)C(O)C1O)C(O)/C=C/CCCCCCCCC. The van der Waals surface area contributed by atoms with Crippen molar-refractivity contribution >= 4 is 5.91 Å². The molecule has 0 spiro atoms. The number of amides is 1. The molecule has 14 nitrogen and oxygen atoms in total. The first kappa shape index (κ1) is 63.0. The second-order valence-corrected chi connectivity index (χ2v) is 18.3. The van der Waals surface area contributed by atoms with Crippen molar-refractivity contribution in [2.24, 2.45) is 0 Å². The maximum atomic E-state index is 13.2. The summed E-state index contributed by atoms with van der Waals surface area (Å²) < 4.78 is 22.6. The number of carbonyl (C=O) groups is 1. The number of aliphatic hydroxyl groups is 8. The van der Waals surface area contributed by atoms with Gasteiger partial charge in [0.1, 0.15) is 48.8 Å². The second-order valence-electron chi connectivity index (χ2n) is 18.3. The number of rotatable bonds is 39. The van der Waals surface area contributed by atoms with E-state index in [1.165, 1.54) is 25.7 Å². The Morgan fingerprint density at radius 1 is 0.529 bits per heavy atom. The summed E-state index contributed by atoms with van der Waals surface area (Å²) in [5.41, 5.74) is 0. The summed E-state index contributed by atoms with van der Waals surface area (Å²) in [6.07, 6.45) is 38.9. The van der Waals surface area contributed by atoms with Crippen LogP contribution in [-0.2, 0) is 23.7 Å². The Morgan fingerprint density at radius 3 is 1.51 bits per heavy atom. The number of hydrogen-bond donors (Lipinski definition) is 9. The molecule has 0 radical (unpaired) electrons. The molecule has 12 unspecified atom stereocenters. The lowest BCUT2D eigenvalue weighted by atomic mass is 9.97. The monoisotopic (exact) mass is 988 g/mol. The number of allylic oxidation sites excluding steroid dienone is 15. The van der Waals surface area contributed by atoms with E-state index in [4.69, 9.17) is 18.9 Å². The van der Waals surface area contributed by atoms with Gasteiger partial charge in [0.2, 0.25) is 5.91 Å². The van der Waals surface area contributed by atoms with E-state index in [-0.39, 0.29) is 18.9 Å². The molecule has 14 heteroatoms. The zero-order chi connectivity index (χ0) is 51.0. The van der Waals surface area contributed by atoms with Crippen LogP contribution in [0.5, 0.6) is 0 Å². The Morgan fingerprint density at radius 2 is 0.986 bits per heavy atom. The first-order chi connectivity index (χ1) is 34.1. The molecule has 2 aliphatic rings. The predicted octanol–water partition coefficient (Wildman–Crippen LogP) is 7.54. The molecule has 0 aromatic rings. The van der Waals surface area contributed by atoms with Crippen LogP contribution in [-0.4, -0.2) is 140 Å². The molecule has 0 aromatic heterocycles. The van der Waals surface area contributed by atoms with Gasteiger partial charge in [-0.2, -0.15) is 0 Å². The van der Waals surface area contributed by atoms with Gasteiger partial charge in [-0.1, -0.05) is 169 Å². The van der Waals surface area contributed by atoms with E-state index >= 15 is 0 Å². The Kier molecular flexibility index (Phi) is 37.3. The van der Waals surface area contributed by atoms with Crippen molar-refractivity contribution < 1.29 is 64.6 Å². The number of ether oxygens (including phenoxy) is 4. The fourth-order valence-electron chi connectivity index (χ4n) is 7.97. The van der Waals surface area contributed by atoms with Crippen LogP contribution in [0.2, 0.25) is 0 Å². The summed E-state index contributed by atoms with van der Waals surface area (Å²) in [4.78, 5) is 13.2. The van der Waals surface area contributed by atoms with Crippen LogP contribution in [0, 0.1) is 0 Å². The van der Waals surface area contributed by atoms with Crippen molar-refractivity contribution in [2.75, 3.05) is 19.8 Å². The van der Waals surface area contributed by atoms with Gasteiger partial charge in [0.15, 0.2) is 12.6 Å². The molecule has 2 heterocycles. The van der Waals surface area contributed by atoms with Crippen molar-refractivity contribution in [1.29, 1.82) is 0 Å². The molecule has 0 aliphatic carbocycles. The smallest absolute Gasteiger partial charge is 0.220 e. The van der Waals surface area contributed by atoms with E-state index in [0.29, 0.717) is 6.42 Å². The minimum Gasteiger partial charge on any atom is -0.394 e. The molecule has 12 atom stereocenters. The summed E-state index contributed by atoms with van der Waals surface area (Å²) in [5.74, 6) is -0.267. The third-order valence-corrected chi connectivity index (χ3v) is 12.3. The fourth-order valence-corrected chi connectivity index (χ4v) is 7.97. The van der Waals surface area contributed by atoms with E-state index in [0.717, 1.165) is 103 Å². The molecule has 9 N–H and O–H groups in total. The van der Waals surface area contributed by atoms with Gasteiger partial charge >= 0.3 is 0 Å². The van der Waals surface area contributed by atoms with Crippen LogP contribution in [0.1, 0.15) is 155 Å². The Hall–Kier alpha value is -3.09. The normalized spacial score (nSPS) is 26.8. The van der Waals surface area contributed by atoms with E-state index in [1.807, 2.05) is 6.08 Å². The minimum atomic E-state index is -1.79. The number of hydrogen-bond acceptors (Lipinski definition) is 13. The Bertz CT molecular complexity index is 1540. The fraction of sp³-hybridized carbons (Fsp3) is 0.696. The maximum Gasteiger partial charge on any atom is 0.220 e. The highest BCUT2D eigenvalue weighted by Crippen LogP contribution is 2.30. The summed E-state index contributed by atoms with van der Waals surface area (Å²) in [6, 6.07) is -0.930.